The van der Waals surface area contributed by atoms with Crippen LogP contribution >= 0.6 is 0 Å². The van der Waals surface area contributed by atoms with Gasteiger partial charge in [0.2, 0.25) is 0 Å². The molecule has 1 heterocycles. The van der Waals surface area contributed by atoms with E-state index in [2.05, 4.69) is 21.9 Å². The molecule has 5 nitrogen and oxygen atoms in total. The summed E-state index contributed by atoms with van der Waals surface area (Å²) >= 11 is 0. The minimum atomic E-state index is 0.121. The fraction of sp³-hybridized carbons (Fsp3) is 0.800. The predicted octanol–water partition coefficient (Wildman–Crippen LogP) is 1.87. The number of methoxy groups -OCH3 is 1. The van der Waals surface area contributed by atoms with Gasteiger partial charge >= 0.3 is 0 Å². The summed E-state index contributed by atoms with van der Waals surface area (Å²) in [7, 11) is 1.80. The van der Waals surface area contributed by atoms with Crippen LogP contribution in [0.5, 0.6) is 0 Å². The van der Waals surface area contributed by atoms with Gasteiger partial charge in [0.25, 0.3) is 0 Å². The highest BCUT2D eigenvalue weighted by atomic mass is 16.5. The van der Waals surface area contributed by atoms with Crippen LogP contribution in [0, 0.1) is 5.92 Å². The lowest BCUT2D eigenvalue weighted by Gasteiger charge is -2.34. The molecule has 0 radical (unpaired) electrons. The van der Waals surface area contributed by atoms with Crippen LogP contribution in [0.15, 0.2) is 12.4 Å². The molecular weight excluding hydrogens is 252 g/mol. The summed E-state index contributed by atoms with van der Waals surface area (Å²) in [6.07, 6.45) is 11.3. The van der Waals surface area contributed by atoms with Crippen molar-refractivity contribution in [3.8, 4) is 0 Å². The van der Waals surface area contributed by atoms with Gasteiger partial charge in [-0.25, -0.2) is 4.98 Å². The highest BCUT2D eigenvalue weighted by molar-refractivity contribution is 4.98. The molecule has 1 aliphatic carbocycles. The van der Waals surface area contributed by atoms with Gasteiger partial charge in [-0.1, -0.05) is 19.3 Å². The summed E-state index contributed by atoms with van der Waals surface area (Å²) in [4.78, 5) is 4.45. The zero-order valence-electron chi connectivity index (χ0n) is 12.7. The van der Waals surface area contributed by atoms with Gasteiger partial charge < -0.3 is 9.30 Å². The molecule has 1 aromatic heterocycles. The summed E-state index contributed by atoms with van der Waals surface area (Å²) in [6.45, 7) is 3.07. The van der Waals surface area contributed by atoms with Gasteiger partial charge in [-0.3, -0.25) is 11.3 Å². The first-order valence-electron chi connectivity index (χ1n) is 7.79. The Kier molecular flexibility index (Phi) is 6.01. The maximum atomic E-state index is 5.80. The van der Waals surface area contributed by atoms with Crippen molar-refractivity contribution in [3.05, 3.63) is 18.2 Å². The van der Waals surface area contributed by atoms with Gasteiger partial charge in [-0.15, -0.1) is 0 Å². The normalized spacial score (nSPS) is 19.9. The summed E-state index contributed by atoms with van der Waals surface area (Å²) in [5.74, 6) is 7.49. The maximum absolute atomic E-state index is 5.80. The minimum absolute atomic E-state index is 0.121. The number of ether oxygens (including phenoxy) is 1. The molecule has 0 aromatic carbocycles. The molecular formula is C15H28N4O. The largest absolute Gasteiger partial charge is 0.379 e. The van der Waals surface area contributed by atoms with Crippen LogP contribution in [-0.2, 0) is 17.7 Å². The third-order valence-corrected chi connectivity index (χ3v) is 4.54. The highest BCUT2D eigenvalue weighted by Crippen LogP contribution is 2.29. The lowest BCUT2D eigenvalue weighted by Crippen LogP contribution is -2.50. The molecule has 0 bridgehead atoms. The van der Waals surface area contributed by atoms with E-state index in [4.69, 9.17) is 10.6 Å². The van der Waals surface area contributed by atoms with Crippen LogP contribution in [0.1, 0.15) is 44.9 Å². The van der Waals surface area contributed by atoms with Crippen molar-refractivity contribution in [1.29, 1.82) is 0 Å². The van der Waals surface area contributed by atoms with Crippen molar-refractivity contribution in [1.82, 2.24) is 15.0 Å². The van der Waals surface area contributed by atoms with Crippen molar-refractivity contribution in [2.24, 2.45) is 11.8 Å². The molecule has 0 amide bonds. The molecule has 2 rings (SSSR count). The van der Waals surface area contributed by atoms with Crippen LogP contribution < -0.4 is 11.3 Å². The molecule has 114 valence electrons. The summed E-state index contributed by atoms with van der Waals surface area (Å²) in [5, 5.41) is 0. The number of hydrogen-bond donors (Lipinski definition) is 2. The van der Waals surface area contributed by atoms with Crippen molar-refractivity contribution < 1.29 is 4.74 Å². The highest BCUT2D eigenvalue weighted by Gasteiger charge is 2.31. The molecule has 0 saturated heterocycles. The molecule has 1 fully saturated rings. The molecule has 3 N–H and O–H groups in total. The number of nitrogens with zero attached hydrogens (tertiary/aromatic N) is 2. The molecule has 2 atom stereocenters. The Morgan fingerprint density at radius 3 is 2.80 bits per heavy atom. The topological polar surface area (TPSA) is 65.1 Å². The zero-order valence-corrected chi connectivity index (χ0v) is 12.7. The average Bonchev–Trinajstić information content (AvgIpc) is 2.95. The van der Waals surface area contributed by atoms with Gasteiger partial charge in [0.15, 0.2) is 0 Å². The second kappa shape index (κ2) is 7.76. The van der Waals surface area contributed by atoms with E-state index in [1.807, 2.05) is 12.4 Å². The van der Waals surface area contributed by atoms with Gasteiger partial charge in [-0.05, 0) is 25.7 Å². The number of imidazole rings is 1. The summed E-state index contributed by atoms with van der Waals surface area (Å²) in [5.41, 5.74) is 2.96. The summed E-state index contributed by atoms with van der Waals surface area (Å²) in [6, 6.07) is 0.121. The number of nitrogens with one attached hydrogen (secondary N) is 1. The fourth-order valence-electron chi connectivity index (χ4n) is 3.43. The Balaban J connectivity index is 2.04. The number of aryl methyl sites for hydroxylation is 1. The van der Waals surface area contributed by atoms with E-state index in [1.165, 1.54) is 32.1 Å². The smallest absolute Gasteiger partial charge is 0.110 e. The second-order valence-electron chi connectivity index (χ2n) is 5.71. The third kappa shape index (κ3) is 3.59. The Bertz CT molecular complexity index is 387. The third-order valence-electron chi connectivity index (χ3n) is 4.54. The molecule has 20 heavy (non-hydrogen) atoms. The number of aromatic nitrogens is 2. The molecule has 5 heteroatoms. The van der Waals surface area contributed by atoms with Crippen LogP contribution in [0.3, 0.4) is 0 Å². The Morgan fingerprint density at radius 1 is 1.45 bits per heavy atom. The first-order chi connectivity index (χ1) is 9.80. The number of nitrogens with two attached hydrogens (primary N) is 1. The van der Waals surface area contributed by atoms with Gasteiger partial charge in [-0.2, -0.15) is 0 Å². The molecule has 0 aliphatic heterocycles. The Labute approximate surface area is 121 Å². The van der Waals surface area contributed by atoms with Gasteiger partial charge in [0.05, 0.1) is 12.1 Å². The van der Waals surface area contributed by atoms with Crippen LogP contribution in [-0.4, -0.2) is 28.8 Å². The van der Waals surface area contributed by atoms with E-state index in [1.54, 1.807) is 7.11 Å². The molecule has 1 aliphatic rings. The molecule has 0 spiro atoms. The Hall–Kier alpha value is -0.910. The van der Waals surface area contributed by atoms with Crippen molar-refractivity contribution in [3.63, 3.8) is 0 Å². The number of hydrazine groups is 1. The summed E-state index contributed by atoms with van der Waals surface area (Å²) < 4.78 is 7.95. The van der Waals surface area contributed by atoms with E-state index < -0.39 is 0 Å². The average molecular weight is 280 g/mol. The quantitative estimate of drug-likeness (QED) is 0.591. The first-order valence-corrected chi connectivity index (χ1v) is 7.79. The zero-order chi connectivity index (χ0) is 14.4. The van der Waals surface area contributed by atoms with Crippen LogP contribution in [0.4, 0.5) is 0 Å². The second-order valence-corrected chi connectivity index (χ2v) is 5.71. The van der Waals surface area contributed by atoms with E-state index in [9.17, 15) is 0 Å². The lowest BCUT2D eigenvalue weighted by atomic mass is 9.82. The van der Waals surface area contributed by atoms with Crippen molar-refractivity contribution >= 4 is 0 Å². The SMILES string of the molecule is CCn1ccnc1CC(NN)C(OC)C1CCCCC1. The predicted molar refractivity (Wildman–Crippen MR) is 80.1 cm³/mol. The molecule has 1 saturated carbocycles. The molecule has 1 aromatic rings. The van der Waals surface area contributed by atoms with E-state index in [-0.39, 0.29) is 12.1 Å². The van der Waals surface area contributed by atoms with E-state index in [0.29, 0.717) is 5.92 Å². The fourth-order valence-corrected chi connectivity index (χ4v) is 3.43. The van der Waals surface area contributed by atoms with Crippen molar-refractivity contribution in [2.75, 3.05) is 7.11 Å². The van der Waals surface area contributed by atoms with E-state index >= 15 is 0 Å². The number of hydrogen-bond acceptors (Lipinski definition) is 4. The van der Waals surface area contributed by atoms with Gasteiger partial charge in [0.1, 0.15) is 5.82 Å². The van der Waals surface area contributed by atoms with Crippen molar-refractivity contribution in [2.45, 2.75) is 64.1 Å². The molecule has 2 unspecified atom stereocenters. The first kappa shape index (κ1) is 15.5. The van der Waals surface area contributed by atoms with Crippen LogP contribution in [0.25, 0.3) is 0 Å². The minimum Gasteiger partial charge on any atom is -0.379 e. The number of rotatable bonds is 7. The lowest BCUT2D eigenvalue weighted by molar-refractivity contribution is 0.00763. The Morgan fingerprint density at radius 2 is 2.20 bits per heavy atom. The van der Waals surface area contributed by atoms with Crippen LogP contribution in [0.2, 0.25) is 0 Å². The van der Waals surface area contributed by atoms with E-state index in [0.717, 1.165) is 18.8 Å². The standard InChI is InChI=1S/C15H28N4O/c1-3-19-10-9-17-14(19)11-13(18-16)15(20-2)12-7-5-4-6-8-12/h9-10,12-13,15,18H,3-8,11,16H2,1-2H3. The maximum Gasteiger partial charge on any atom is 0.110 e. The van der Waals surface area contributed by atoms with Gasteiger partial charge in [0, 0.05) is 32.5 Å². The monoisotopic (exact) mass is 280 g/mol.